The summed E-state index contributed by atoms with van der Waals surface area (Å²) in [4.78, 5) is 2.64. The third-order valence-electron chi connectivity index (χ3n) is 8.55. The Morgan fingerprint density at radius 2 is 0.632 bits per heavy atom. The van der Waals surface area contributed by atoms with Gasteiger partial charge in [-0.15, -0.1) is 0 Å². The summed E-state index contributed by atoms with van der Waals surface area (Å²) in [6.07, 6.45) is 19.6. The van der Waals surface area contributed by atoms with E-state index in [1.54, 1.807) is 10.7 Å². The maximum absolute atomic E-state index is 3.06. The third kappa shape index (κ3) is 9.28. The van der Waals surface area contributed by atoms with E-state index >= 15 is 0 Å². The molecule has 0 fully saturated rings. The van der Waals surface area contributed by atoms with Gasteiger partial charge in [-0.2, -0.15) is 0 Å². The van der Waals surface area contributed by atoms with Crippen LogP contribution in [0.1, 0.15) is 115 Å². The molecule has 0 aliphatic rings. The van der Waals surface area contributed by atoms with Crippen molar-refractivity contribution in [2.75, 3.05) is 0 Å². The van der Waals surface area contributed by atoms with E-state index in [0.29, 0.717) is 0 Å². The predicted molar refractivity (Wildman–Crippen MR) is 173 cm³/mol. The molecule has 0 aliphatic carbocycles. The Morgan fingerprint density at radius 3 is 0.868 bits per heavy atom. The van der Waals surface area contributed by atoms with Crippen molar-refractivity contribution in [1.29, 1.82) is 0 Å². The Hall–Kier alpha value is -1.54. The van der Waals surface area contributed by atoms with E-state index in [9.17, 15) is 0 Å². The average Bonchev–Trinajstić information content (AvgIpc) is 2.96. The topological polar surface area (TPSA) is 0 Å². The molecule has 0 heterocycles. The van der Waals surface area contributed by atoms with Crippen LogP contribution in [-0.4, -0.2) is 18.4 Å². The minimum atomic E-state index is -3.06. The Labute approximate surface area is 239 Å². The first kappa shape index (κ1) is 31.0. The van der Waals surface area contributed by atoms with Crippen LogP contribution >= 0.6 is 0 Å². The molecular formula is C37H54Sn. The van der Waals surface area contributed by atoms with Gasteiger partial charge < -0.3 is 0 Å². The first-order valence-corrected chi connectivity index (χ1v) is 23.0. The van der Waals surface area contributed by atoms with Crippen LogP contribution in [0.5, 0.6) is 0 Å². The Morgan fingerprint density at radius 1 is 0.368 bits per heavy atom. The van der Waals surface area contributed by atoms with Crippen molar-refractivity contribution in [2.45, 2.75) is 122 Å². The Kier molecular flexibility index (Phi) is 14.0. The van der Waals surface area contributed by atoms with E-state index in [2.05, 4.69) is 98.5 Å². The molecule has 0 aliphatic heterocycles. The van der Waals surface area contributed by atoms with Crippen LogP contribution in [0, 0.1) is 0 Å². The van der Waals surface area contributed by atoms with E-state index in [-0.39, 0.29) is 0 Å². The summed E-state index contributed by atoms with van der Waals surface area (Å²) >= 11 is -3.06. The van der Waals surface area contributed by atoms with E-state index in [1.807, 2.05) is 0 Å². The minimum absolute atomic E-state index is 1.21. The molecule has 3 aromatic rings. The summed E-state index contributed by atoms with van der Waals surface area (Å²) in [7, 11) is 0. The molecule has 0 nitrogen and oxygen atoms in total. The number of unbranched alkanes of at least 4 members (excludes halogenated alkanes) is 9. The number of benzene rings is 3. The van der Waals surface area contributed by atoms with Crippen molar-refractivity contribution in [3.8, 4) is 0 Å². The molecule has 3 rings (SSSR count). The zero-order valence-electron chi connectivity index (χ0n) is 25.0. The van der Waals surface area contributed by atoms with Crippen molar-refractivity contribution in [3.05, 3.63) is 89.5 Å². The molecule has 0 atom stereocenters. The molecule has 0 aromatic heterocycles. The van der Waals surface area contributed by atoms with Crippen LogP contribution in [0.2, 0.25) is 4.94 Å². The van der Waals surface area contributed by atoms with Gasteiger partial charge in [0.05, 0.1) is 0 Å². The van der Waals surface area contributed by atoms with E-state index < -0.39 is 18.4 Å². The second-order valence-corrected chi connectivity index (χ2v) is 23.0. The van der Waals surface area contributed by atoms with Crippen molar-refractivity contribution < 1.29 is 0 Å². The SMILES string of the molecule is CCCCCCc1cc[c]([Sn]([CH3])([c]2ccc(CCCCCC)cc2)[c]2ccc(CCCCCC)cc2)cc1. The van der Waals surface area contributed by atoms with Gasteiger partial charge in [-0.1, -0.05) is 0 Å². The fraction of sp³-hybridized carbons (Fsp3) is 0.514. The molecule has 206 valence electrons. The Balaban J connectivity index is 1.84. The predicted octanol–water partition coefficient (Wildman–Crippen LogP) is 9.16. The monoisotopic (exact) mass is 618 g/mol. The average molecular weight is 618 g/mol. The van der Waals surface area contributed by atoms with Crippen molar-refractivity contribution in [1.82, 2.24) is 0 Å². The summed E-state index contributed by atoms with van der Waals surface area (Å²) in [6, 6.07) is 29.5. The summed E-state index contributed by atoms with van der Waals surface area (Å²) < 4.78 is 4.80. The van der Waals surface area contributed by atoms with Gasteiger partial charge in [0.1, 0.15) is 0 Å². The summed E-state index contributed by atoms with van der Waals surface area (Å²) in [5.74, 6) is 0. The molecular weight excluding hydrogens is 563 g/mol. The Bertz CT molecular complexity index is 879. The third-order valence-corrected chi connectivity index (χ3v) is 21.3. The van der Waals surface area contributed by atoms with Gasteiger partial charge in [0.15, 0.2) is 0 Å². The molecule has 1 heteroatoms. The molecule has 0 radical (unpaired) electrons. The van der Waals surface area contributed by atoms with E-state index in [0.717, 1.165) is 0 Å². The van der Waals surface area contributed by atoms with Crippen molar-refractivity contribution >= 4 is 29.1 Å². The number of hydrogen-bond acceptors (Lipinski definition) is 0. The van der Waals surface area contributed by atoms with Crippen molar-refractivity contribution in [2.24, 2.45) is 0 Å². The fourth-order valence-corrected chi connectivity index (χ4v) is 15.8. The molecule has 0 N–H and O–H groups in total. The van der Waals surface area contributed by atoms with Gasteiger partial charge in [-0.3, -0.25) is 0 Å². The number of hydrogen-bond donors (Lipinski definition) is 0. The molecule has 0 saturated carbocycles. The van der Waals surface area contributed by atoms with Crippen LogP contribution in [0.15, 0.2) is 72.8 Å². The van der Waals surface area contributed by atoms with Gasteiger partial charge in [0.25, 0.3) is 0 Å². The maximum atomic E-state index is 2.64. The summed E-state index contributed by atoms with van der Waals surface area (Å²) in [6.45, 7) is 6.88. The normalized spacial score (nSPS) is 11.7. The zero-order chi connectivity index (χ0) is 27.1. The molecule has 0 spiro atoms. The zero-order valence-corrected chi connectivity index (χ0v) is 27.9. The van der Waals surface area contributed by atoms with Gasteiger partial charge in [0.2, 0.25) is 0 Å². The molecule has 38 heavy (non-hydrogen) atoms. The number of aryl methyl sites for hydroxylation is 3. The molecule has 0 bridgehead atoms. The van der Waals surface area contributed by atoms with Gasteiger partial charge in [-0.25, -0.2) is 0 Å². The van der Waals surface area contributed by atoms with Crippen LogP contribution in [-0.2, 0) is 19.3 Å². The molecule has 0 amide bonds. The molecule has 3 aromatic carbocycles. The van der Waals surface area contributed by atoms with E-state index in [1.165, 1.54) is 113 Å². The first-order chi connectivity index (χ1) is 18.6. The van der Waals surface area contributed by atoms with Gasteiger partial charge in [0, 0.05) is 0 Å². The first-order valence-electron chi connectivity index (χ1n) is 15.9. The fourth-order valence-electron chi connectivity index (χ4n) is 5.78. The quantitative estimate of drug-likeness (QED) is 0.0987. The van der Waals surface area contributed by atoms with Crippen LogP contribution < -0.4 is 10.7 Å². The van der Waals surface area contributed by atoms with Crippen LogP contribution in [0.4, 0.5) is 0 Å². The van der Waals surface area contributed by atoms with Gasteiger partial charge >= 0.3 is 241 Å². The summed E-state index contributed by atoms with van der Waals surface area (Å²) in [5.41, 5.74) is 4.51. The van der Waals surface area contributed by atoms with Crippen molar-refractivity contribution in [3.63, 3.8) is 0 Å². The second-order valence-electron chi connectivity index (χ2n) is 11.6. The standard InChI is InChI=1S/3C12H17.CH3.Sn/c3*1-2-3-4-6-9-12-10-7-5-8-11-12;;/h3*7-8,10-11H,2-4,6,9H2,1H3;1H3;. The second kappa shape index (κ2) is 17.2. The van der Waals surface area contributed by atoms with E-state index in [4.69, 9.17) is 0 Å². The molecule has 0 saturated heterocycles. The van der Waals surface area contributed by atoms with Crippen LogP contribution in [0.3, 0.4) is 0 Å². The van der Waals surface area contributed by atoms with Gasteiger partial charge in [-0.05, 0) is 0 Å². The molecule has 0 unspecified atom stereocenters. The number of rotatable bonds is 18. The van der Waals surface area contributed by atoms with Crippen LogP contribution in [0.25, 0.3) is 0 Å². The summed E-state index contributed by atoms with van der Waals surface area (Å²) in [5, 5.41) is 0.